The third kappa shape index (κ3) is 4.17. The minimum Gasteiger partial charge on any atom is -0.496 e. The van der Waals surface area contributed by atoms with Gasteiger partial charge in [0.1, 0.15) is 17.3 Å². The number of benzene rings is 2. The maximum Gasteiger partial charge on any atom is 0.255 e. The molecule has 0 aliphatic carbocycles. The Morgan fingerprint density at radius 3 is 2.59 bits per heavy atom. The molecule has 6 nitrogen and oxygen atoms in total. The van der Waals surface area contributed by atoms with E-state index in [0.29, 0.717) is 33.6 Å². The molecule has 3 rings (SSSR count). The molecule has 2 aromatic carbocycles. The van der Waals surface area contributed by atoms with Crippen LogP contribution in [0.1, 0.15) is 24.1 Å². The summed E-state index contributed by atoms with van der Waals surface area (Å²) in [6.45, 7) is 3.65. The second kappa shape index (κ2) is 8.48. The van der Waals surface area contributed by atoms with E-state index in [2.05, 4.69) is 16.0 Å². The molecule has 0 bridgehead atoms. The summed E-state index contributed by atoms with van der Waals surface area (Å²) < 4.78 is 24.5. The molecule has 2 aromatic rings. The van der Waals surface area contributed by atoms with Crippen LogP contribution in [0.15, 0.2) is 47.7 Å². The number of carbonyl (C=O) groups excluding carboxylic acids is 1. The van der Waals surface area contributed by atoms with E-state index in [1.807, 2.05) is 19.1 Å². The van der Waals surface area contributed by atoms with Crippen molar-refractivity contribution in [3.05, 3.63) is 64.6 Å². The summed E-state index contributed by atoms with van der Waals surface area (Å²) >= 11 is 5.30. The summed E-state index contributed by atoms with van der Waals surface area (Å²) in [6, 6.07) is 8.82. The molecule has 1 atom stereocenters. The molecule has 1 amide bonds. The molecule has 0 unspecified atom stereocenters. The van der Waals surface area contributed by atoms with Crippen LogP contribution in [0.3, 0.4) is 0 Å². The van der Waals surface area contributed by atoms with Crippen molar-refractivity contribution in [1.29, 1.82) is 0 Å². The Morgan fingerprint density at radius 2 is 1.93 bits per heavy atom. The molecule has 0 spiro atoms. The molecule has 1 aliphatic rings. The predicted molar refractivity (Wildman–Crippen MR) is 114 cm³/mol. The smallest absolute Gasteiger partial charge is 0.255 e. The molecule has 29 heavy (non-hydrogen) atoms. The van der Waals surface area contributed by atoms with Crippen molar-refractivity contribution in [3.63, 3.8) is 0 Å². The van der Waals surface area contributed by atoms with Crippen molar-refractivity contribution in [1.82, 2.24) is 10.6 Å². The van der Waals surface area contributed by atoms with Crippen molar-refractivity contribution in [3.8, 4) is 11.5 Å². The van der Waals surface area contributed by atoms with Crippen molar-refractivity contribution in [2.45, 2.75) is 19.9 Å². The minimum absolute atomic E-state index is 0.361. The highest BCUT2D eigenvalue weighted by Crippen LogP contribution is 2.39. The standard InChI is InChI=1S/C21H22FN3O3S/c1-11-16(27-3)9-8-15(19(11)28-4)18-17(12(2)23-21(29)25-18)20(26)24-14-7-5-6-13(22)10-14/h5-10,18H,1-4H3,(H,24,26)(H2,23,25,29)/t18-/m1/s1. The van der Waals surface area contributed by atoms with Gasteiger partial charge < -0.3 is 25.4 Å². The van der Waals surface area contributed by atoms with Crippen molar-refractivity contribution in [2.75, 3.05) is 19.5 Å². The van der Waals surface area contributed by atoms with Crippen molar-refractivity contribution >= 4 is 28.9 Å². The summed E-state index contributed by atoms with van der Waals surface area (Å²) in [5, 5.41) is 9.26. The van der Waals surface area contributed by atoms with E-state index in [1.165, 1.54) is 18.2 Å². The number of hydrogen-bond acceptors (Lipinski definition) is 4. The molecule has 0 saturated heterocycles. The number of allylic oxidation sites excluding steroid dienone is 1. The maximum absolute atomic E-state index is 13.5. The first-order chi connectivity index (χ1) is 13.8. The SMILES string of the molecule is COc1ccc([C@H]2NC(=S)NC(C)=C2C(=O)Nc2cccc(F)c2)c(OC)c1C. The highest BCUT2D eigenvalue weighted by molar-refractivity contribution is 7.80. The fraction of sp³-hybridized carbons (Fsp3) is 0.238. The van der Waals surface area contributed by atoms with Gasteiger partial charge in [-0.05, 0) is 56.4 Å². The number of thiocarbonyl (C=S) groups is 1. The summed E-state index contributed by atoms with van der Waals surface area (Å²) in [5.41, 5.74) is 2.92. The van der Waals surface area contributed by atoms with Crippen LogP contribution in [-0.4, -0.2) is 25.2 Å². The van der Waals surface area contributed by atoms with Crippen LogP contribution in [0.2, 0.25) is 0 Å². The second-order valence-electron chi connectivity index (χ2n) is 6.55. The Labute approximate surface area is 174 Å². The molecule has 152 valence electrons. The fourth-order valence-electron chi connectivity index (χ4n) is 3.41. The van der Waals surface area contributed by atoms with Crippen LogP contribution in [0.5, 0.6) is 11.5 Å². The zero-order valence-electron chi connectivity index (χ0n) is 16.6. The fourth-order valence-corrected chi connectivity index (χ4v) is 3.68. The Kier molecular flexibility index (Phi) is 6.03. The predicted octanol–water partition coefficient (Wildman–Crippen LogP) is 3.58. The van der Waals surface area contributed by atoms with E-state index in [0.717, 1.165) is 11.1 Å². The maximum atomic E-state index is 13.5. The highest BCUT2D eigenvalue weighted by Gasteiger charge is 2.32. The largest absolute Gasteiger partial charge is 0.496 e. The van der Waals surface area contributed by atoms with Crippen LogP contribution >= 0.6 is 12.2 Å². The van der Waals surface area contributed by atoms with Crippen LogP contribution in [0.4, 0.5) is 10.1 Å². The first kappa shape index (κ1) is 20.6. The molecule has 8 heteroatoms. The third-order valence-electron chi connectivity index (χ3n) is 4.72. The second-order valence-corrected chi connectivity index (χ2v) is 6.96. The van der Waals surface area contributed by atoms with Crippen molar-refractivity contribution in [2.24, 2.45) is 0 Å². The first-order valence-corrected chi connectivity index (χ1v) is 9.33. The van der Waals surface area contributed by atoms with Crippen LogP contribution in [0, 0.1) is 12.7 Å². The Balaban J connectivity index is 2.05. The lowest BCUT2D eigenvalue weighted by molar-refractivity contribution is -0.113. The zero-order valence-corrected chi connectivity index (χ0v) is 17.4. The Morgan fingerprint density at radius 1 is 1.17 bits per heavy atom. The topological polar surface area (TPSA) is 71.6 Å². The third-order valence-corrected chi connectivity index (χ3v) is 4.94. The molecule has 1 aliphatic heterocycles. The average molecular weight is 415 g/mol. The summed E-state index contributed by atoms with van der Waals surface area (Å²) in [7, 11) is 3.15. The lowest BCUT2D eigenvalue weighted by Gasteiger charge is -2.31. The number of hydrogen-bond donors (Lipinski definition) is 3. The van der Waals surface area contributed by atoms with Gasteiger partial charge in [-0.2, -0.15) is 0 Å². The molecule has 0 radical (unpaired) electrons. The van der Waals surface area contributed by atoms with Gasteiger partial charge in [-0.25, -0.2) is 4.39 Å². The number of methoxy groups -OCH3 is 2. The van der Waals surface area contributed by atoms with E-state index in [1.54, 1.807) is 27.2 Å². The van der Waals surface area contributed by atoms with Gasteiger partial charge in [0.2, 0.25) is 0 Å². The minimum atomic E-state index is -0.558. The molecular weight excluding hydrogens is 393 g/mol. The van der Waals surface area contributed by atoms with Gasteiger partial charge in [0, 0.05) is 22.5 Å². The molecule has 0 saturated carbocycles. The Bertz CT molecular complexity index is 1010. The number of halogens is 1. The highest BCUT2D eigenvalue weighted by atomic mass is 32.1. The summed E-state index contributed by atoms with van der Waals surface area (Å²) in [4.78, 5) is 13.1. The van der Waals surface area contributed by atoms with E-state index >= 15 is 0 Å². The number of rotatable bonds is 5. The molecule has 0 aromatic heterocycles. The average Bonchev–Trinajstić information content (AvgIpc) is 2.66. The number of ether oxygens (including phenoxy) is 2. The molecule has 3 N–H and O–H groups in total. The normalized spacial score (nSPS) is 16.0. The number of nitrogens with one attached hydrogen (secondary N) is 3. The number of anilines is 1. The van der Waals surface area contributed by atoms with Gasteiger partial charge in [-0.1, -0.05) is 6.07 Å². The van der Waals surface area contributed by atoms with Gasteiger partial charge in [0.25, 0.3) is 5.91 Å². The monoisotopic (exact) mass is 415 g/mol. The van der Waals surface area contributed by atoms with E-state index in [-0.39, 0.29) is 5.91 Å². The van der Waals surface area contributed by atoms with Crippen LogP contribution in [0.25, 0.3) is 0 Å². The zero-order chi connectivity index (χ0) is 21.1. The van der Waals surface area contributed by atoms with Gasteiger partial charge in [0.05, 0.1) is 25.8 Å². The van der Waals surface area contributed by atoms with Crippen LogP contribution < -0.4 is 25.4 Å². The van der Waals surface area contributed by atoms with Gasteiger partial charge >= 0.3 is 0 Å². The van der Waals surface area contributed by atoms with Gasteiger partial charge in [-0.3, -0.25) is 4.79 Å². The molecular formula is C21H22FN3O3S. The molecule has 1 heterocycles. The lowest BCUT2D eigenvalue weighted by Crippen LogP contribution is -2.45. The molecule has 0 fully saturated rings. The summed E-state index contributed by atoms with van der Waals surface area (Å²) in [5.74, 6) is 0.457. The van der Waals surface area contributed by atoms with Gasteiger partial charge in [-0.15, -0.1) is 0 Å². The van der Waals surface area contributed by atoms with E-state index in [4.69, 9.17) is 21.7 Å². The first-order valence-electron chi connectivity index (χ1n) is 8.92. The van der Waals surface area contributed by atoms with Gasteiger partial charge in [0.15, 0.2) is 5.11 Å². The summed E-state index contributed by atoms with van der Waals surface area (Å²) in [6.07, 6.45) is 0. The Hall–Kier alpha value is -3.13. The van der Waals surface area contributed by atoms with E-state index in [9.17, 15) is 9.18 Å². The van der Waals surface area contributed by atoms with Crippen molar-refractivity contribution < 1.29 is 18.7 Å². The number of amides is 1. The quantitative estimate of drug-likeness (QED) is 0.649. The van der Waals surface area contributed by atoms with Crippen LogP contribution in [-0.2, 0) is 4.79 Å². The number of carbonyl (C=O) groups is 1. The lowest BCUT2D eigenvalue weighted by atomic mass is 9.92. The van der Waals surface area contributed by atoms with E-state index < -0.39 is 11.9 Å².